The monoisotopic (exact) mass is 436 g/mol. The number of nitriles is 1. The van der Waals surface area contributed by atoms with Crippen LogP contribution in [0, 0.1) is 17.2 Å². The highest BCUT2D eigenvalue weighted by Crippen LogP contribution is 2.48. The van der Waals surface area contributed by atoms with Crippen LogP contribution in [0.4, 0.5) is 0 Å². The fourth-order valence-corrected chi connectivity index (χ4v) is 5.90. The van der Waals surface area contributed by atoms with E-state index in [0.29, 0.717) is 24.6 Å². The number of piperazine rings is 1. The Bertz CT molecular complexity index is 1000. The van der Waals surface area contributed by atoms with Gasteiger partial charge in [-0.3, -0.25) is 19.3 Å². The summed E-state index contributed by atoms with van der Waals surface area (Å²) in [6, 6.07) is 8.01. The fraction of sp³-hybridized carbons (Fsp3) is 0.565. The normalized spacial score (nSPS) is 32.5. The predicted molar refractivity (Wildman–Crippen MR) is 115 cm³/mol. The van der Waals surface area contributed by atoms with Gasteiger partial charge in [0.15, 0.2) is 0 Å². The largest absolute Gasteiger partial charge is 0.366 e. The molecule has 2 bridgehead atoms. The van der Waals surface area contributed by atoms with E-state index in [2.05, 4.69) is 6.07 Å². The molecule has 1 aromatic carbocycles. The highest BCUT2D eigenvalue weighted by atomic mass is 16.2. The molecule has 0 aromatic heterocycles. The van der Waals surface area contributed by atoms with Crippen LogP contribution in [0.2, 0.25) is 0 Å². The SMILES string of the molecule is C[C@@H](c1ccc(C(N)=O)cc1)N1C(=O)[C@@H]2C[C@H]1CN2C[C@H](N)C(=O)N1C2C[C@H]2C[C@H]1C#N. The van der Waals surface area contributed by atoms with Crippen LogP contribution in [0.3, 0.4) is 0 Å². The second kappa shape index (κ2) is 7.57. The van der Waals surface area contributed by atoms with E-state index in [-0.39, 0.29) is 42.0 Å². The number of primary amides is 1. The number of nitrogens with zero attached hydrogens (tertiary/aromatic N) is 4. The molecule has 5 rings (SSSR count). The molecule has 4 fully saturated rings. The summed E-state index contributed by atoms with van der Waals surface area (Å²) in [4.78, 5) is 43.0. The lowest BCUT2D eigenvalue weighted by atomic mass is 10.0. The minimum absolute atomic E-state index is 0.0470. The Morgan fingerprint density at radius 1 is 1.22 bits per heavy atom. The summed E-state index contributed by atoms with van der Waals surface area (Å²) in [6.45, 7) is 2.99. The first-order valence-corrected chi connectivity index (χ1v) is 11.2. The van der Waals surface area contributed by atoms with E-state index in [9.17, 15) is 19.6 Å². The standard InChI is InChI=1S/C23H28N6O3/c1-12(13-2-4-14(5-3-13)21(26)30)28-17-8-20(23(28)32)27(10-17)11-18(25)22(31)29-16(9-24)6-15-7-19(15)29/h2-5,12,15-20H,6-8,10-11,25H2,1H3,(H2,26,30)/t12-,15+,16-,17-,18-,19?,20-/m0/s1. The van der Waals surface area contributed by atoms with Crippen LogP contribution in [0.25, 0.3) is 0 Å². The molecule has 4 aliphatic rings. The van der Waals surface area contributed by atoms with Crippen LogP contribution < -0.4 is 11.5 Å². The van der Waals surface area contributed by atoms with Crippen molar-refractivity contribution in [2.75, 3.05) is 13.1 Å². The van der Waals surface area contributed by atoms with Gasteiger partial charge in [-0.2, -0.15) is 5.26 Å². The number of benzene rings is 1. The Morgan fingerprint density at radius 2 is 1.94 bits per heavy atom. The first kappa shape index (κ1) is 20.9. The molecule has 1 unspecified atom stereocenters. The second-order valence-electron chi connectivity index (χ2n) is 9.56. The molecule has 3 saturated heterocycles. The molecule has 0 radical (unpaired) electrons. The van der Waals surface area contributed by atoms with E-state index in [1.165, 1.54) is 0 Å². The van der Waals surface area contributed by atoms with Gasteiger partial charge in [-0.05, 0) is 49.8 Å². The molecule has 168 valence electrons. The Balaban J connectivity index is 1.22. The minimum atomic E-state index is -0.732. The molecule has 9 heteroatoms. The highest BCUT2D eigenvalue weighted by molar-refractivity contribution is 5.92. The van der Waals surface area contributed by atoms with E-state index in [4.69, 9.17) is 11.5 Å². The van der Waals surface area contributed by atoms with Crippen LogP contribution in [0.15, 0.2) is 24.3 Å². The topological polar surface area (TPSA) is 137 Å². The Labute approximate surface area is 186 Å². The molecule has 1 aliphatic carbocycles. The fourth-order valence-electron chi connectivity index (χ4n) is 5.90. The minimum Gasteiger partial charge on any atom is -0.366 e. The van der Waals surface area contributed by atoms with Gasteiger partial charge in [0.25, 0.3) is 0 Å². The average molecular weight is 437 g/mol. The number of carbonyl (C=O) groups is 3. The van der Waals surface area contributed by atoms with Crippen molar-refractivity contribution in [1.82, 2.24) is 14.7 Å². The Morgan fingerprint density at radius 3 is 2.56 bits per heavy atom. The van der Waals surface area contributed by atoms with Crippen LogP contribution >= 0.6 is 0 Å². The maximum Gasteiger partial charge on any atom is 0.248 e. The lowest BCUT2D eigenvalue weighted by molar-refractivity contribution is -0.141. The summed E-state index contributed by atoms with van der Waals surface area (Å²) in [7, 11) is 0. The second-order valence-corrected chi connectivity index (χ2v) is 9.56. The molecule has 4 N–H and O–H groups in total. The predicted octanol–water partition coefficient (Wildman–Crippen LogP) is -0.0281. The van der Waals surface area contributed by atoms with Crippen molar-refractivity contribution in [2.45, 2.75) is 62.4 Å². The van der Waals surface area contributed by atoms with Gasteiger partial charge < -0.3 is 21.3 Å². The van der Waals surface area contributed by atoms with Gasteiger partial charge in [0.2, 0.25) is 17.7 Å². The number of amides is 3. The van der Waals surface area contributed by atoms with Crippen molar-refractivity contribution in [1.29, 1.82) is 5.26 Å². The van der Waals surface area contributed by atoms with Crippen molar-refractivity contribution in [3.8, 4) is 6.07 Å². The van der Waals surface area contributed by atoms with Gasteiger partial charge >= 0.3 is 0 Å². The molecular formula is C23H28N6O3. The van der Waals surface area contributed by atoms with E-state index in [1.54, 1.807) is 17.0 Å². The molecule has 3 aliphatic heterocycles. The Hall–Kier alpha value is -2.96. The highest BCUT2D eigenvalue weighted by Gasteiger charge is 2.56. The summed E-state index contributed by atoms with van der Waals surface area (Å²) in [5.41, 5.74) is 13.0. The molecule has 3 amide bonds. The average Bonchev–Trinajstić information content (AvgIpc) is 3.11. The number of hydrogen-bond acceptors (Lipinski definition) is 6. The van der Waals surface area contributed by atoms with Crippen LogP contribution in [0.5, 0.6) is 0 Å². The third-order valence-electron chi connectivity index (χ3n) is 7.67. The first-order chi connectivity index (χ1) is 15.3. The summed E-state index contributed by atoms with van der Waals surface area (Å²) in [5.74, 6) is -0.149. The zero-order valence-corrected chi connectivity index (χ0v) is 18.1. The molecule has 1 saturated carbocycles. The van der Waals surface area contributed by atoms with E-state index >= 15 is 0 Å². The molecular weight excluding hydrogens is 408 g/mol. The third-order valence-corrected chi connectivity index (χ3v) is 7.67. The molecule has 0 spiro atoms. The summed E-state index contributed by atoms with van der Waals surface area (Å²) in [5, 5.41) is 9.36. The lowest BCUT2D eigenvalue weighted by Crippen LogP contribution is -2.57. The van der Waals surface area contributed by atoms with Gasteiger partial charge in [-0.15, -0.1) is 0 Å². The van der Waals surface area contributed by atoms with Crippen molar-refractivity contribution < 1.29 is 14.4 Å². The summed E-state index contributed by atoms with van der Waals surface area (Å²) in [6.07, 6.45) is 2.44. The quantitative estimate of drug-likeness (QED) is 0.643. The molecule has 7 atom stereocenters. The number of nitrogens with two attached hydrogens (primary N) is 2. The maximum absolute atomic E-state index is 13.2. The maximum atomic E-state index is 13.2. The molecule has 32 heavy (non-hydrogen) atoms. The summed E-state index contributed by atoms with van der Waals surface area (Å²) >= 11 is 0. The molecule has 9 nitrogen and oxygen atoms in total. The lowest BCUT2D eigenvalue weighted by Gasteiger charge is -2.38. The van der Waals surface area contributed by atoms with E-state index < -0.39 is 11.9 Å². The Kier molecular flexibility index (Phi) is 4.95. The number of rotatable bonds is 6. The van der Waals surface area contributed by atoms with Crippen molar-refractivity contribution >= 4 is 17.7 Å². The molecule has 1 aromatic rings. The zero-order chi connectivity index (χ0) is 22.7. The van der Waals surface area contributed by atoms with E-state index in [0.717, 1.165) is 24.8 Å². The number of hydrogen-bond donors (Lipinski definition) is 2. The summed E-state index contributed by atoms with van der Waals surface area (Å²) < 4.78 is 0. The van der Waals surface area contributed by atoms with Gasteiger partial charge in [0, 0.05) is 30.7 Å². The van der Waals surface area contributed by atoms with Crippen molar-refractivity contribution in [2.24, 2.45) is 17.4 Å². The number of carbonyl (C=O) groups excluding carboxylic acids is 3. The molecule has 3 heterocycles. The number of piperidine rings is 1. The van der Waals surface area contributed by atoms with Gasteiger partial charge in [-0.1, -0.05) is 12.1 Å². The van der Waals surface area contributed by atoms with Gasteiger partial charge in [-0.25, -0.2) is 0 Å². The van der Waals surface area contributed by atoms with E-state index in [1.807, 2.05) is 28.9 Å². The first-order valence-electron chi connectivity index (χ1n) is 11.2. The van der Waals surface area contributed by atoms with Gasteiger partial charge in [0.05, 0.1) is 24.2 Å². The van der Waals surface area contributed by atoms with Crippen LogP contribution in [0.1, 0.15) is 48.1 Å². The van der Waals surface area contributed by atoms with Gasteiger partial charge in [0.1, 0.15) is 6.04 Å². The van der Waals surface area contributed by atoms with Crippen LogP contribution in [-0.4, -0.2) is 75.7 Å². The van der Waals surface area contributed by atoms with Crippen molar-refractivity contribution in [3.63, 3.8) is 0 Å². The third kappa shape index (κ3) is 3.26. The van der Waals surface area contributed by atoms with Crippen LogP contribution in [-0.2, 0) is 9.59 Å². The number of likely N-dealkylation sites (tertiary alicyclic amines) is 3. The van der Waals surface area contributed by atoms with Crippen molar-refractivity contribution in [3.05, 3.63) is 35.4 Å². The zero-order valence-electron chi connectivity index (χ0n) is 18.1. The number of fused-ring (bicyclic) bond motifs is 3. The smallest absolute Gasteiger partial charge is 0.248 e.